The topological polar surface area (TPSA) is 62.2 Å². The van der Waals surface area contributed by atoms with Gasteiger partial charge in [-0.05, 0) is 17.7 Å². The van der Waals surface area contributed by atoms with Crippen LogP contribution < -0.4 is 5.32 Å². The van der Waals surface area contributed by atoms with E-state index in [0.717, 1.165) is 5.56 Å². The van der Waals surface area contributed by atoms with Crippen LogP contribution in [0.4, 0.5) is 0 Å². The molecule has 0 spiro atoms. The summed E-state index contributed by atoms with van der Waals surface area (Å²) in [5.41, 5.74) is 1.59. The number of aliphatic hydroxyl groups excluding tert-OH is 1. The third-order valence-corrected chi connectivity index (χ3v) is 2.75. The van der Waals surface area contributed by atoms with Crippen LogP contribution in [0.15, 0.2) is 54.9 Å². The zero-order chi connectivity index (χ0) is 13.5. The maximum Gasteiger partial charge on any atom is 0.251 e. The van der Waals surface area contributed by atoms with E-state index < -0.39 is 6.10 Å². The molecule has 0 saturated heterocycles. The van der Waals surface area contributed by atoms with Crippen LogP contribution in [0, 0.1) is 0 Å². The molecule has 4 nitrogen and oxygen atoms in total. The van der Waals surface area contributed by atoms with Crippen molar-refractivity contribution in [2.45, 2.75) is 12.5 Å². The SMILES string of the molecule is O=C(NCC(O)Cc1ccccc1)c1ccncc1. The molecule has 1 amide bonds. The second-order valence-electron chi connectivity index (χ2n) is 4.29. The molecule has 0 aliphatic carbocycles. The fourth-order valence-corrected chi connectivity index (χ4v) is 1.77. The predicted molar refractivity (Wildman–Crippen MR) is 72.7 cm³/mol. The second-order valence-corrected chi connectivity index (χ2v) is 4.29. The Labute approximate surface area is 112 Å². The van der Waals surface area contributed by atoms with Crippen molar-refractivity contribution >= 4 is 5.91 Å². The van der Waals surface area contributed by atoms with Crippen LogP contribution in [0.2, 0.25) is 0 Å². The van der Waals surface area contributed by atoms with E-state index in [9.17, 15) is 9.90 Å². The molecule has 1 aromatic carbocycles. The van der Waals surface area contributed by atoms with Crippen molar-refractivity contribution in [1.29, 1.82) is 0 Å². The van der Waals surface area contributed by atoms with Crippen LogP contribution in [0.1, 0.15) is 15.9 Å². The second kappa shape index (κ2) is 6.66. The average Bonchev–Trinajstić information content (AvgIpc) is 2.47. The van der Waals surface area contributed by atoms with Gasteiger partial charge < -0.3 is 10.4 Å². The molecule has 0 aliphatic rings. The van der Waals surface area contributed by atoms with E-state index in [0.29, 0.717) is 12.0 Å². The van der Waals surface area contributed by atoms with Gasteiger partial charge >= 0.3 is 0 Å². The monoisotopic (exact) mass is 256 g/mol. The first-order chi connectivity index (χ1) is 9.25. The highest BCUT2D eigenvalue weighted by atomic mass is 16.3. The van der Waals surface area contributed by atoms with Gasteiger partial charge in [0.1, 0.15) is 0 Å². The summed E-state index contributed by atoms with van der Waals surface area (Å²) in [5.74, 6) is -0.200. The van der Waals surface area contributed by atoms with Gasteiger partial charge in [-0.15, -0.1) is 0 Å². The summed E-state index contributed by atoms with van der Waals surface area (Å²) in [4.78, 5) is 15.6. The summed E-state index contributed by atoms with van der Waals surface area (Å²) in [5, 5.41) is 12.6. The lowest BCUT2D eigenvalue weighted by Crippen LogP contribution is -2.33. The van der Waals surface area contributed by atoms with Crippen LogP contribution in [0.3, 0.4) is 0 Å². The maximum atomic E-state index is 11.8. The van der Waals surface area contributed by atoms with Crippen molar-refractivity contribution < 1.29 is 9.90 Å². The Morgan fingerprint density at radius 1 is 1.16 bits per heavy atom. The Morgan fingerprint density at radius 2 is 1.84 bits per heavy atom. The summed E-state index contributed by atoms with van der Waals surface area (Å²) in [6.45, 7) is 0.232. The number of hydrogen-bond donors (Lipinski definition) is 2. The number of hydrogen-bond acceptors (Lipinski definition) is 3. The lowest BCUT2D eigenvalue weighted by atomic mass is 10.1. The molecule has 0 aliphatic heterocycles. The highest BCUT2D eigenvalue weighted by Crippen LogP contribution is 2.03. The fourth-order valence-electron chi connectivity index (χ4n) is 1.77. The van der Waals surface area contributed by atoms with Crippen molar-refractivity contribution in [2.75, 3.05) is 6.54 Å². The number of nitrogens with one attached hydrogen (secondary N) is 1. The van der Waals surface area contributed by atoms with Crippen LogP contribution in [-0.4, -0.2) is 28.6 Å². The van der Waals surface area contributed by atoms with E-state index in [1.165, 1.54) is 0 Å². The molecule has 1 atom stereocenters. The average molecular weight is 256 g/mol. The highest BCUT2D eigenvalue weighted by Gasteiger charge is 2.09. The molecule has 0 radical (unpaired) electrons. The third-order valence-electron chi connectivity index (χ3n) is 2.75. The van der Waals surface area contributed by atoms with Gasteiger partial charge in [-0.3, -0.25) is 9.78 Å². The van der Waals surface area contributed by atoms with Crippen molar-refractivity contribution in [1.82, 2.24) is 10.3 Å². The molecule has 1 heterocycles. The molecule has 1 aromatic heterocycles. The number of nitrogens with zero attached hydrogens (tertiary/aromatic N) is 1. The Morgan fingerprint density at radius 3 is 2.53 bits per heavy atom. The first-order valence-electron chi connectivity index (χ1n) is 6.16. The molecule has 0 saturated carbocycles. The quantitative estimate of drug-likeness (QED) is 0.850. The number of benzene rings is 1. The van der Waals surface area contributed by atoms with E-state index >= 15 is 0 Å². The molecule has 2 aromatic rings. The van der Waals surface area contributed by atoms with E-state index in [4.69, 9.17) is 0 Å². The molecule has 2 N–H and O–H groups in total. The zero-order valence-corrected chi connectivity index (χ0v) is 10.5. The lowest BCUT2D eigenvalue weighted by Gasteiger charge is -2.12. The van der Waals surface area contributed by atoms with Gasteiger partial charge in [0.15, 0.2) is 0 Å². The number of rotatable bonds is 5. The van der Waals surface area contributed by atoms with E-state index in [2.05, 4.69) is 10.3 Å². The fraction of sp³-hybridized carbons (Fsp3) is 0.200. The van der Waals surface area contributed by atoms with Gasteiger partial charge in [0.05, 0.1) is 6.10 Å². The molecule has 4 heteroatoms. The number of aromatic nitrogens is 1. The normalized spacial score (nSPS) is 11.8. The molecular weight excluding hydrogens is 240 g/mol. The Bertz CT molecular complexity index is 514. The van der Waals surface area contributed by atoms with Crippen LogP contribution in [-0.2, 0) is 6.42 Å². The summed E-state index contributed by atoms with van der Waals surface area (Å²) in [7, 11) is 0. The van der Waals surface area contributed by atoms with E-state index in [1.807, 2.05) is 30.3 Å². The van der Waals surface area contributed by atoms with Gasteiger partial charge in [0.25, 0.3) is 5.91 Å². The molecule has 0 fully saturated rings. The molecule has 2 rings (SSSR count). The van der Waals surface area contributed by atoms with Crippen molar-refractivity contribution in [3.63, 3.8) is 0 Å². The number of aliphatic hydroxyl groups is 1. The Hall–Kier alpha value is -2.20. The minimum absolute atomic E-state index is 0.200. The lowest BCUT2D eigenvalue weighted by molar-refractivity contribution is 0.0916. The Balaban J connectivity index is 1.81. The molecule has 98 valence electrons. The minimum Gasteiger partial charge on any atom is -0.391 e. The van der Waals surface area contributed by atoms with Crippen LogP contribution in [0.5, 0.6) is 0 Å². The summed E-state index contributed by atoms with van der Waals surface area (Å²) >= 11 is 0. The van der Waals surface area contributed by atoms with Gasteiger partial charge in [0.2, 0.25) is 0 Å². The molecule has 0 bridgehead atoms. The van der Waals surface area contributed by atoms with Gasteiger partial charge in [0, 0.05) is 30.9 Å². The highest BCUT2D eigenvalue weighted by molar-refractivity contribution is 5.93. The van der Waals surface area contributed by atoms with Gasteiger partial charge in [-0.2, -0.15) is 0 Å². The van der Waals surface area contributed by atoms with Crippen molar-refractivity contribution in [2.24, 2.45) is 0 Å². The summed E-state index contributed by atoms with van der Waals surface area (Å²) < 4.78 is 0. The molecular formula is C15H16N2O2. The van der Waals surface area contributed by atoms with Crippen LogP contribution >= 0.6 is 0 Å². The molecule has 19 heavy (non-hydrogen) atoms. The number of carbonyl (C=O) groups excluding carboxylic acids is 1. The first kappa shape index (κ1) is 13.2. The number of pyridine rings is 1. The smallest absolute Gasteiger partial charge is 0.251 e. The molecule has 1 unspecified atom stereocenters. The summed E-state index contributed by atoms with van der Waals surface area (Å²) in [6, 6.07) is 13.0. The largest absolute Gasteiger partial charge is 0.391 e. The number of carbonyl (C=O) groups is 1. The van der Waals surface area contributed by atoms with Crippen molar-refractivity contribution in [3.05, 3.63) is 66.0 Å². The maximum absolute atomic E-state index is 11.8. The minimum atomic E-state index is -0.590. The van der Waals surface area contributed by atoms with E-state index in [1.54, 1.807) is 24.5 Å². The zero-order valence-electron chi connectivity index (χ0n) is 10.5. The standard InChI is InChI=1S/C15H16N2O2/c18-14(10-12-4-2-1-3-5-12)11-17-15(19)13-6-8-16-9-7-13/h1-9,14,18H,10-11H2,(H,17,19). The first-order valence-corrected chi connectivity index (χ1v) is 6.16. The van der Waals surface area contributed by atoms with Gasteiger partial charge in [-0.25, -0.2) is 0 Å². The van der Waals surface area contributed by atoms with E-state index in [-0.39, 0.29) is 12.5 Å². The third kappa shape index (κ3) is 4.19. The van der Waals surface area contributed by atoms with Gasteiger partial charge in [-0.1, -0.05) is 30.3 Å². The number of amides is 1. The van der Waals surface area contributed by atoms with Crippen LogP contribution in [0.25, 0.3) is 0 Å². The summed E-state index contributed by atoms with van der Waals surface area (Å²) in [6.07, 6.45) is 3.07. The Kier molecular flexibility index (Phi) is 4.64. The van der Waals surface area contributed by atoms with Crippen molar-refractivity contribution in [3.8, 4) is 0 Å². The predicted octanol–water partition coefficient (Wildman–Crippen LogP) is 1.41.